The van der Waals surface area contributed by atoms with Crippen LogP contribution in [0.3, 0.4) is 0 Å². The van der Waals surface area contributed by atoms with Crippen LogP contribution in [0.25, 0.3) is 0 Å². The fraction of sp³-hybridized carbons (Fsp3) is 0.333. The van der Waals surface area contributed by atoms with Crippen molar-refractivity contribution >= 4 is 28.9 Å². The molecule has 2 N–H and O–H groups in total. The van der Waals surface area contributed by atoms with Crippen molar-refractivity contribution in [1.29, 1.82) is 0 Å². The molecule has 0 unspecified atom stereocenters. The Hall–Kier alpha value is -3.46. The molecule has 0 saturated carbocycles. The van der Waals surface area contributed by atoms with Gasteiger partial charge in [0.1, 0.15) is 5.75 Å². The molecule has 0 atom stereocenters. The molecule has 9 nitrogen and oxygen atoms in total. The lowest BCUT2D eigenvalue weighted by Crippen LogP contribution is -2.41. The highest BCUT2D eigenvalue weighted by atomic mass is 16.6. The van der Waals surface area contributed by atoms with E-state index < -0.39 is 4.92 Å². The molecular weight excluding hydrogens is 388 g/mol. The zero-order chi connectivity index (χ0) is 21.5. The molecule has 0 aromatic heterocycles. The summed E-state index contributed by atoms with van der Waals surface area (Å²) in [6.45, 7) is 1.48. The van der Waals surface area contributed by atoms with Gasteiger partial charge in [0.2, 0.25) is 11.8 Å². The number of piperidine rings is 1. The number of nitrogens with one attached hydrogen (secondary N) is 2. The third-order valence-corrected chi connectivity index (χ3v) is 5.05. The largest absolute Gasteiger partial charge is 0.495 e. The Balaban J connectivity index is 1.45. The Morgan fingerprint density at radius 1 is 1.10 bits per heavy atom. The lowest BCUT2D eigenvalue weighted by Gasteiger charge is -2.30. The van der Waals surface area contributed by atoms with Crippen LogP contribution in [0.2, 0.25) is 0 Å². The number of para-hydroxylation sites is 2. The van der Waals surface area contributed by atoms with Crippen molar-refractivity contribution in [2.24, 2.45) is 5.92 Å². The number of carbonyl (C=O) groups is 2. The van der Waals surface area contributed by atoms with Crippen LogP contribution in [0, 0.1) is 16.0 Å². The van der Waals surface area contributed by atoms with E-state index in [2.05, 4.69) is 10.6 Å². The molecular formula is C21H24N4O5. The van der Waals surface area contributed by atoms with Crippen LogP contribution < -0.4 is 15.4 Å². The Kier molecular flexibility index (Phi) is 6.97. The minimum absolute atomic E-state index is 0.0264. The number of benzene rings is 2. The van der Waals surface area contributed by atoms with Crippen molar-refractivity contribution in [1.82, 2.24) is 4.90 Å². The summed E-state index contributed by atoms with van der Waals surface area (Å²) in [5, 5.41) is 16.3. The first-order valence-electron chi connectivity index (χ1n) is 9.67. The van der Waals surface area contributed by atoms with Gasteiger partial charge in [-0.2, -0.15) is 0 Å². The summed E-state index contributed by atoms with van der Waals surface area (Å²) in [5.41, 5.74) is 1.13. The molecule has 1 aliphatic rings. The average molecular weight is 412 g/mol. The number of methoxy groups -OCH3 is 1. The number of hydrogen-bond donors (Lipinski definition) is 2. The van der Waals surface area contributed by atoms with Crippen molar-refractivity contribution in [3.63, 3.8) is 0 Å². The summed E-state index contributed by atoms with van der Waals surface area (Å²) in [6.07, 6.45) is 1.32. The Bertz CT molecular complexity index is 908. The summed E-state index contributed by atoms with van der Waals surface area (Å²) < 4.78 is 5.26. The number of nitrogens with zero attached hydrogens (tertiary/aromatic N) is 2. The van der Waals surface area contributed by atoms with Crippen molar-refractivity contribution in [2.75, 3.05) is 37.4 Å². The second kappa shape index (κ2) is 9.84. The third kappa shape index (κ3) is 5.54. The number of nitro benzene ring substituents is 1. The fourth-order valence-electron chi connectivity index (χ4n) is 3.41. The smallest absolute Gasteiger partial charge is 0.269 e. The minimum Gasteiger partial charge on any atom is -0.495 e. The van der Waals surface area contributed by atoms with Gasteiger partial charge in [0, 0.05) is 23.7 Å². The van der Waals surface area contributed by atoms with Crippen molar-refractivity contribution in [3.8, 4) is 5.75 Å². The number of non-ortho nitro benzene ring substituents is 1. The lowest BCUT2D eigenvalue weighted by molar-refractivity contribution is -0.384. The van der Waals surface area contributed by atoms with Crippen LogP contribution >= 0.6 is 0 Å². The second-order valence-corrected chi connectivity index (χ2v) is 7.09. The van der Waals surface area contributed by atoms with Crippen LogP contribution in [0.4, 0.5) is 17.1 Å². The van der Waals surface area contributed by atoms with E-state index in [0.29, 0.717) is 43.1 Å². The summed E-state index contributed by atoms with van der Waals surface area (Å²) in [4.78, 5) is 37.0. The molecule has 2 aromatic carbocycles. The summed E-state index contributed by atoms with van der Waals surface area (Å²) in [6, 6.07) is 13.0. The molecule has 30 heavy (non-hydrogen) atoms. The van der Waals surface area contributed by atoms with E-state index in [-0.39, 0.29) is 30.0 Å². The van der Waals surface area contributed by atoms with Gasteiger partial charge in [0.15, 0.2) is 0 Å². The zero-order valence-corrected chi connectivity index (χ0v) is 16.7. The normalized spacial score (nSPS) is 14.7. The third-order valence-electron chi connectivity index (χ3n) is 5.05. The van der Waals surface area contributed by atoms with Gasteiger partial charge in [0.25, 0.3) is 5.69 Å². The standard InChI is InChI=1S/C21H24N4O5/c1-30-19-5-3-2-4-18(19)23-21(27)15-10-12-24(13-11-15)14-20(26)22-16-6-8-17(9-7-16)25(28)29/h2-9,15H,10-14H2,1H3,(H,22,26)(H,23,27). The number of rotatable bonds is 7. The van der Waals surface area contributed by atoms with Gasteiger partial charge in [-0.15, -0.1) is 0 Å². The highest BCUT2D eigenvalue weighted by Crippen LogP contribution is 2.25. The van der Waals surface area contributed by atoms with E-state index in [1.54, 1.807) is 19.2 Å². The minimum atomic E-state index is -0.486. The molecule has 0 radical (unpaired) electrons. The van der Waals surface area contributed by atoms with Gasteiger partial charge in [-0.1, -0.05) is 12.1 Å². The van der Waals surface area contributed by atoms with Gasteiger partial charge < -0.3 is 15.4 Å². The highest BCUT2D eigenvalue weighted by molar-refractivity contribution is 5.94. The summed E-state index contributed by atoms with van der Waals surface area (Å²) in [7, 11) is 1.56. The molecule has 1 fully saturated rings. The number of hydrogen-bond acceptors (Lipinski definition) is 6. The van der Waals surface area contributed by atoms with Gasteiger partial charge in [-0.05, 0) is 50.2 Å². The molecule has 0 bridgehead atoms. The van der Waals surface area contributed by atoms with Crippen molar-refractivity contribution in [3.05, 3.63) is 58.6 Å². The van der Waals surface area contributed by atoms with Gasteiger partial charge in [0.05, 0.1) is 24.3 Å². The SMILES string of the molecule is COc1ccccc1NC(=O)C1CCN(CC(=O)Nc2ccc([N+](=O)[O-])cc2)CC1. The van der Waals surface area contributed by atoms with Gasteiger partial charge >= 0.3 is 0 Å². The molecule has 2 aromatic rings. The van der Waals surface area contributed by atoms with Gasteiger partial charge in [-0.3, -0.25) is 24.6 Å². The monoisotopic (exact) mass is 412 g/mol. The predicted octanol–water partition coefficient (Wildman–Crippen LogP) is 2.89. The molecule has 158 valence electrons. The molecule has 3 rings (SSSR count). The number of anilines is 2. The second-order valence-electron chi connectivity index (χ2n) is 7.09. The van der Waals surface area contributed by atoms with E-state index in [9.17, 15) is 19.7 Å². The van der Waals surface area contributed by atoms with E-state index >= 15 is 0 Å². The van der Waals surface area contributed by atoms with Crippen LogP contribution in [-0.4, -0.2) is 48.4 Å². The average Bonchev–Trinajstić information content (AvgIpc) is 2.75. The Morgan fingerprint density at radius 3 is 2.40 bits per heavy atom. The number of carbonyl (C=O) groups excluding carboxylic acids is 2. The first kappa shape index (κ1) is 21.3. The first-order valence-corrected chi connectivity index (χ1v) is 9.67. The number of ether oxygens (including phenoxy) is 1. The molecule has 0 aliphatic carbocycles. The molecule has 1 heterocycles. The van der Waals surface area contributed by atoms with Crippen LogP contribution in [0.5, 0.6) is 5.75 Å². The number of nitro groups is 1. The molecule has 1 aliphatic heterocycles. The predicted molar refractivity (Wildman–Crippen MR) is 113 cm³/mol. The zero-order valence-electron chi connectivity index (χ0n) is 16.7. The topological polar surface area (TPSA) is 114 Å². The Morgan fingerprint density at radius 2 is 1.77 bits per heavy atom. The fourth-order valence-corrected chi connectivity index (χ4v) is 3.41. The van der Waals surface area contributed by atoms with E-state index in [1.807, 2.05) is 17.0 Å². The van der Waals surface area contributed by atoms with Crippen LogP contribution in [-0.2, 0) is 9.59 Å². The highest BCUT2D eigenvalue weighted by Gasteiger charge is 2.26. The summed E-state index contributed by atoms with van der Waals surface area (Å²) >= 11 is 0. The van der Waals surface area contributed by atoms with E-state index in [4.69, 9.17) is 4.74 Å². The van der Waals surface area contributed by atoms with E-state index in [1.165, 1.54) is 24.3 Å². The molecule has 0 spiro atoms. The quantitative estimate of drug-likeness (QED) is 0.534. The van der Waals surface area contributed by atoms with Crippen LogP contribution in [0.1, 0.15) is 12.8 Å². The lowest BCUT2D eigenvalue weighted by atomic mass is 9.95. The van der Waals surface area contributed by atoms with Crippen molar-refractivity contribution < 1.29 is 19.2 Å². The maximum atomic E-state index is 12.6. The molecule has 2 amide bonds. The van der Waals surface area contributed by atoms with Gasteiger partial charge in [-0.25, -0.2) is 0 Å². The maximum Gasteiger partial charge on any atom is 0.269 e. The molecule has 1 saturated heterocycles. The summed E-state index contributed by atoms with van der Waals surface area (Å²) in [5.74, 6) is 0.255. The van der Waals surface area contributed by atoms with Crippen LogP contribution in [0.15, 0.2) is 48.5 Å². The first-order chi connectivity index (χ1) is 14.5. The maximum absolute atomic E-state index is 12.6. The molecule has 9 heteroatoms. The Labute approximate surface area is 174 Å². The van der Waals surface area contributed by atoms with Crippen molar-refractivity contribution in [2.45, 2.75) is 12.8 Å². The number of likely N-dealkylation sites (tertiary alicyclic amines) is 1. The van der Waals surface area contributed by atoms with E-state index in [0.717, 1.165) is 0 Å². The number of amides is 2.